The third-order valence-corrected chi connectivity index (χ3v) is 4.53. The molecule has 0 spiro atoms. The second-order valence-electron chi connectivity index (χ2n) is 5.71. The third kappa shape index (κ3) is 4.11. The Hall–Kier alpha value is -1.26. The van der Waals surface area contributed by atoms with Crippen molar-refractivity contribution in [1.29, 1.82) is 0 Å². The minimum absolute atomic E-state index is 0.0899. The Morgan fingerprint density at radius 2 is 2.29 bits per heavy atom. The molecule has 0 aliphatic heterocycles. The fourth-order valence-corrected chi connectivity index (χ4v) is 2.87. The molecule has 0 saturated heterocycles. The molecule has 3 unspecified atom stereocenters. The van der Waals surface area contributed by atoms with Gasteiger partial charge in [-0.1, -0.05) is 18.0 Å². The van der Waals surface area contributed by atoms with Crippen LogP contribution in [-0.4, -0.2) is 24.6 Å². The maximum absolute atomic E-state index is 12.2. The summed E-state index contributed by atoms with van der Waals surface area (Å²) in [6, 6.07) is 5.57. The van der Waals surface area contributed by atoms with Crippen LogP contribution >= 0.6 is 11.6 Å². The number of rotatable bonds is 5. The second-order valence-corrected chi connectivity index (χ2v) is 6.12. The lowest BCUT2D eigenvalue weighted by Crippen LogP contribution is -2.45. The molecular weight excluding hydrogens is 288 g/mol. The molecule has 1 amide bonds. The van der Waals surface area contributed by atoms with Gasteiger partial charge in [-0.25, -0.2) is 0 Å². The number of carbonyl (C=O) groups is 1. The van der Waals surface area contributed by atoms with Crippen LogP contribution in [0.2, 0.25) is 5.02 Å². The van der Waals surface area contributed by atoms with E-state index in [0.717, 1.165) is 24.8 Å². The number of nitrogens with two attached hydrogens (primary N) is 1. The monoisotopic (exact) mass is 310 g/mol. The topological polar surface area (TPSA) is 64.3 Å². The normalized spacial score (nSPS) is 22.9. The quantitative estimate of drug-likeness (QED) is 0.879. The zero-order valence-electron chi connectivity index (χ0n) is 12.6. The van der Waals surface area contributed by atoms with E-state index in [2.05, 4.69) is 5.32 Å². The van der Waals surface area contributed by atoms with Crippen LogP contribution in [0, 0.1) is 12.8 Å². The average molecular weight is 311 g/mol. The summed E-state index contributed by atoms with van der Waals surface area (Å²) in [7, 11) is 0. The zero-order valence-corrected chi connectivity index (χ0v) is 13.3. The van der Waals surface area contributed by atoms with Gasteiger partial charge in [0, 0.05) is 11.1 Å². The van der Waals surface area contributed by atoms with Crippen molar-refractivity contribution in [1.82, 2.24) is 5.32 Å². The number of ether oxygens (including phenoxy) is 1. The summed E-state index contributed by atoms with van der Waals surface area (Å²) >= 11 is 5.98. The van der Waals surface area contributed by atoms with Crippen LogP contribution in [0.25, 0.3) is 0 Å². The van der Waals surface area contributed by atoms with Crippen molar-refractivity contribution in [3.63, 3.8) is 0 Å². The van der Waals surface area contributed by atoms with Gasteiger partial charge in [0.25, 0.3) is 5.91 Å². The van der Waals surface area contributed by atoms with Gasteiger partial charge in [0.2, 0.25) is 0 Å². The molecule has 1 aromatic carbocycles. The minimum Gasteiger partial charge on any atom is -0.481 e. The van der Waals surface area contributed by atoms with E-state index in [-0.39, 0.29) is 11.9 Å². The van der Waals surface area contributed by atoms with Crippen LogP contribution in [0.4, 0.5) is 0 Å². The van der Waals surface area contributed by atoms with E-state index >= 15 is 0 Å². The number of halogens is 1. The van der Waals surface area contributed by atoms with Crippen molar-refractivity contribution in [2.75, 3.05) is 6.54 Å². The number of nitrogens with one attached hydrogen (secondary N) is 1. The molecule has 1 fully saturated rings. The molecule has 3 N–H and O–H groups in total. The molecule has 1 aromatic rings. The van der Waals surface area contributed by atoms with Gasteiger partial charge in [-0.2, -0.15) is 0 Å². The Morgan fingerprint density at radius 1 is 1.52 bits per heavy atom. The maximum Gasteiger partial charge on any atom is 0.261 e. The fourth-order valence-electron chi connectivity index (χ4n) is 2.76. The highest BCUT2D eigenvalue weighted by atomic mass is 35.5. The summed E-state index contributed by atoms with van der Waals surface area (Å²) in [5.74, 6) is 0.952. The van der Waals surface area contributed by atoms with Gasteiger partial charge in [0.1, 0.15) is 5.75 Å². The highest BCUT2D eigenvalue weighted by Crippen LogP contribution is 2.25. The van der Waals surface area contributed by atoms with E-state index in [9.17, 15) is 4.79 Å². The van der Waals surface area contributed by atoms with Crippen molar-refractivity contribution in [3.8, 4) is 5.75 Å². The SMILES string of the molecule is Cc1cc(OC(C)C(=O)NC2CCCC2CN)ccc1Cl. The number of hydrogen-bond donors (Lipinski definition) is 2. The Balaban J connectivity index is 1.91. The van der Waals surface area contributed by atoms with Crippen molar-refractivity contribution in [2.24, 2.45) is 11.7 Å². The predicted molar refractivity (Wildman–Crippen MR) is 84.6 cm³/mol. The molecular formula is C16H23ClN2O2. The van der Waals surface area contributed by atoms with E-state index < -0.39 is 6.10 Å². The lowest BCUT2D eigenvalue weighted by Gasteiger charge is -2.22. The minimum atomic E-state index is -0.537. The van der Waals surface area contributed by atoms with E-state index in [4.69, 9.17) is 22.1 Å². The van der Waals surface area contributed by atoms with E-state index in [1.54, 1.807) is 19.1 Å². The summed E-state index contributed by atoms with van der Waals surface area (Å²) in [6.07, 6.45) is 2.68. The molecule has 3 atom stereocenters. The molecule has 1 aliphatic carbocycles. The fraction of sp³-hybridized carbons (Fsp3) is 0.562. The van der Waals surface area contributed by atoms with Crippen molar-refractivity contribution in [3.05, 3.63) is 28.8 Å². The van der Waals surface area contributed by atoms with Gasteiger partial charge in [-0.15, -0.1) is 0 Å². The number of carbonyl (C=O) groups excluding carboxylic acids is 1. The van der Waals surface area contributed by atoms with Gasteiger partial charge in [-0.05, 0) is 62.9 Å². The number of hydrogen-bond acceptors (Lipinski definition) is 3. The number of amides is 1. The molecule has 5 heteroatoms. The highest BCUT2D eigenvalue weighted by molar-refractivity contribution is 6.31. The molecule has 116 valence electrons. The molecule has 1 aliphatic rings. The van der Waals surface area contributed by atoms with E-state index in [1.807, 2.05) is 13.0 Å². The summed E-state index contributed by atoms with van der Waals surface area (Å²) in [5, 5.41) is 3.75. The van der Waals surface area contributed by atoms with Crippen molar-refractivity contribution < 1.29 is 9.53 Å². The van der Waals surface area contributed by atoms with Crippen molar-refractivity contribution >= 4 is 17.5 Å². The molecule has 4 nitrogen and oxygen atoms in total. The van der Waals surface area contributed by atoms with E-state index in [1.165, 1.54) is 0 Å². The van der Waals surface area contributed by atoms with Crippen LogP contribution in [0.5, 0.6) is 5.75 Å². The Morgan fingerprint density at radius 3 is 2.95 bits per heavy atom. The molecule has 0 bridgehead atoms. The summed E-state index contributed by atoms with van der Waals surface area (Å²) in [6.45, 7) is 4.28. The molecule has 1 saturated carbocycles. The molecule has 0 aromatic heterocycles. The Labute approximate surface area is 131 Å². The highest BCUT2D eigenvalue weighted by Gasteiger charge is 2.29. The van der Waals surface area contributed by atoms with Gasteiger partial charge < -0.3 is 15.8 Å². The Kier molecular flexibility index (Phi) is 5.48. The van der Waals surface area contributed by atoms with Gasteiger partial charge in [-0.3, -0.25) is 4.79 Å². The summed E-state index contributed by atoms with van der Waals surface area (Å²) < 4.78 is 5.69. The van der Waals surface area contributed by atoms with Crippen LogP contribution in [0.3, 0.4) is 0 Å². The smallest absolute Gasteiger partial charge is 0.261 e. The first kappa shape index (κ1) is 16.1. The first-order chi connectivity index (χ1) is 10.0. The third-order valence-electron chi connectivity index (χ3n) is 4.10. The van der Waals surface area contributed by atoms with Crippen LogP contribution in [0.15, 0.2) is 18.2 Å². The Bertz CT molecular complexity index is 507. The lowest BCUT2D eigenvalue weighted by atomic mass is 10.0. The van der Waals surface area contributed by atoms with Gasteiger partial charge in [0.05, 0.1) is 0 Å². The van der Waals surface area contributed by atoms with Crippen LogP contribution in [-0.2, 0) is 4.79 Å². The lowest BCUT2D eigenvalue weighted by molar-refractivity contribution is -0.128. The largest absolute Gasteiger partial charge is 0.481 e. The van der Waals surface area contributed by atoms with Crippen LogP contribution in [0.1, 0.15) is 31.7 Å². The van der Waals surface area contributed by atoms with Gasteiger partial charge >= 0.3 is 0 Å². The van der Waals surface area contributed by atoms with E-state index in [0.29, 0.717) is 23.2 Å². The second kappa shape index (κ2) is 7.14. The first-order valence-electron chi connectivity index (χ1n) is 7.44. The number of benzene rings is 1. The first-order valence-corrected chi connectivity index (χ1v) is 7.82. The molecule has 0 radical (unpaired) electrons. The predicted octanol–water partition coefficient (Wildman–Crippen LogP) is 2.66. The van der Waals surface area contributed by atoms with Crippen LogP contribution < -0.4 is 15.8 Å². The zero-order chi connectivity index (χ0) is 15.4. The molecule has 21 heavy (non-hydrogen) atoms. The average Bonchev–Trinajstić information content (AvgIpc) is 2.90. The molecule has 2 rings (SSSR count). The summed E-state index contributed by atoms with van der Waals surface area (Å²) in [4.78, 5) is 12.2. The standard InChI is InChI=1S/C16H23ClN2O2/c1-10-8-13(6-7-14(10)17)21-11(2)16(20)19-15-5-3-4-12(15)9-18/h6-8,11-12,15H,3-5,9,18H2,1-2H3,(H,19,20). The number of aryl methyl sites for hydroxylation is 1. The summed E-state index contributed by atoms with van der Waals surface area (Å²) in [5.41, 5.74) is 6.67. The molecule has 0 heterocycles. The van der Waals surface area contributed by atoms with Crippen molar-refractivity contribution in [2.45, 2.75) is 45.3 Å². The maximum atomic E-state index is 12.2. The van der Waals surface area contributed by atoms with Gasteiger partial charge in [0.15, 0.2) is 6.10 Å².